The monoisotopic (exact) mass is 1280 g/mol. The van der Waals surface area contributed by atoms with Gasteiger partial charge in [-0.05, 0) is 149 Å². The van der Waals surface area contributed by atoms with Gasteiger partial charge in [0.25, 0.3) is 0 Å². The topological polar surface area (TPSA) is 282 Å². The van der Waals surface area contributed by atoms with E-state index in [0.717, 1.165) is 102 Å². The van der Waals surface area contributed by atoms with Gasteiger partial charge in [0.1, 0.15) is 69.7 Å². The third kappa shape index (κ3) is 12.9. The van der Waals surface area contributed by atoms with E-state index < -0.39 is 30.1 Å². The van der Waals surface area contributed by atoms with Crippen LogP contribution in [0.5, 0.6) is 0 Å². The fourth-order valence-corrected chi connectivity index (χ4v) is 13.3. The number of fused-ring (bicyclic) bond motifs is 2. The number of benzene rings is 4. The van der Waals surface area contributed by atoms with Crippen molar-refractivity contribution in [3.05, 3.63) is 145 Å². The number of hydrogen-bond acceptors (Lipinski definition) is 14. The maximum absolute atomic E-state index is 15.8. The lowest BCUT2D eigenvalue weighted by Crippen LogP contribution is -2.51. The summed E-state index contributed by atoms with van der Waals surface area (Å²) >= 11 is 0. The molecule has 94 heavy (non-hydrogen) atoms. The Kier molecular flexibility index (Phi) is 18.0. The zero-order valence-electron chi connectivity index (χ0n) is 53.2. The summed E-state index contributed by atoms with van der Waals surface area (Å²) in [5.74, 6) is 2.70. The number of carbonyl (C=O) groups is 4. The molecule has 6 aromatic heterocycles. The summed E-state index contributed by atoms with van der Waals surface area (Å²) in [6, 6.07) is 24.1. The first-order chi connectivity index (χ1) is 45.6. The third-order valence-corrected chi connectivity index (χ3v) is 18.4. The zero-order chi connectivity index (χ0) is 65.3. The van der Waals surface area contributed by atoms with Gasteiger partial charge in [-0.1, -0.05) is 39.8 Å². The number of furan rings is 2. The van der Waals surface area contributed by atoms with Crippen molar-refractivity contribution in [2.75, 3.05) is 40.4 Å². The van der Waals surface area contributed by atoms with Crippen molar-refractivity contribution in [2.45, 2.75) is 115 Å². The molecule has 0 aliphatic carbocycles. The van der Waals surface area contributed by atoms with Gasteiger partial charge in [0.05, 0.1) is 86.0 Å². The van der Waals surface area contributed by atoms with Crippen molar-refractivity contribution in [3.63, 3.8) is 0 Å². The molecule has 10 heterocycles. The molecule has 0 radical (unpaired) electrons. The van der Waals surface area contributed by atoms with E-state index in [1.807, 2.05) is 82.4 Å². The van der Waals surface area contributed by atoms with Crippen molar-refractivity contribution in [2.24, 2.45) is 11.8 Å². The number of ether oxygens (including phenoxy) is 2. The number of amides is 4. The number of alkyl carbamates (subject to hydrolysis) is 2. The average Bonchev–Trinajstić information content (AvgIpc) is 1.66. The second-order valence-electron chi connectivity index (χ2n) is 25.2. The van der Waals surface area contributed by atoms with Gasteiger partial charge >= 0.3 is 12.2 Å². The molecule has 4 saturated heterocycles. The highest BCUT2D eigenvalue weighted by atomic mass is 19.1. The number of H-pyrrole nitrogens is 4. The molecule has 0 bridgehead atoms. The number of rotatable bonds is 16. The Labute approximate surface area is 540 Å². The molecular weight excluding hydrogens is 1200 g/mol. The highest BCUT2D eigenvalue weighted by Crippen LogP contribution is 2.39. The second kappa shape index (κ2) is 27.0. The lowest BCUT2D eigenvalue weighted by molar-refractivity contribution is -0.136. The van der Waals surface area contributed by atoms with E-state index >= 15 is 8.78 Å². The van der Waals surface area contributed by atoms with Crippen molar-refractivity contribution >= 4 is 45.9 Å². The van der Waals surface area contributed by atoms with Crippen LogP contribution in [0.1, 0.15) is 127 Å². The van der Waals surface area contributed by atoms with Crippen LogP contribution in [0, 0.1) is 23.5 Å². The van der Waals surface area contributed by atoms with Crippen molar-refractivity contribution < 1.29 is 46.3 Å². The Morgan fingerprint density at radius 1 is 0.500 bits per heavy atom. The van der Waals surface area contributed by atoms with Crippen molar-refractivity contribution in [1.29, 1.82) is 0 Å². The third-order valence-electron chi connectivity index (χ3n) is 18.4. The minimum atomic E-state index is -0.759. The van der Waals surface area contributed by atoms with E-state index in [1.54, 1.807) is 46.6 Å². The number of imidazole rings is 4. The van der Waals surface area contributed by atoms with Gasteiger partial charge in [-0.2, -0.15) is 0 Å². The van der Waals surface area contributed by atoms with Crippen LogP contribution in [0.25, 0.3) is 89.6 Å². The molecular formula is C70H76F2N14O8. The molecule has 6 atom stereocenters. The van der Waals surface area contributed by atoms with E-state index in [0.29, 0.717) is 87.9 Å². The van der Waals surface area contributed by atoms with Crippen LogP contribution in [-0.4, -0.2) is 126 Å². The Hall–Kier alpha value is -9.94. The van der Waals surface area contributed by atoms with Gasteiger partial charge in [-0.15, -0.1) is 0 Å². The van der Waals surface area contributed by atoms with Gasteiger partial charge in [0.2, 0.25) is 11.8 Å². The lowest BCUT2D eigenvalue weighted by Gasteiger charge is -2.30. The summed E-state index contributed by atoms with van der Waals surface area (Å²) in [6.45, 7) is 10.6. The maximum atomic E-state index is 15.8. The number of nitrogens with zero attached hydrogens (tertiary/aromatic N) is 6. The van der Waals surface area contributed by atoms with Crippen LogP contribution >= 0.6 is 0 Å². The molecule has 4 aliphatic heterocycles. The lowest BCUT2D eigenvalue weighted by atomic mass is 10.0. The van der Waals surface area contributed by atoms with Crippen molar-refractivity contribution in [3.8, 4) is 67.7 Å². The van der Waals surface area contributed by atoms with Crippen LogP contribution in [0.4, 0.5) is 18.4 Å². The molecule has 0 unspecified atom stereocenters. The number of nitrogens with one attached hydrogen (secondary N) is 8. The van der Waals surface area contributed by atoms with Crippen molar-refractivity contribution in [1.82, 2.24) is 70.9 Å². The molecule has 0 spiro atoms. The molecule has 10 aromatic rings. The molecule has 4 fully saturated rings. The smallest absolute Gasteiger partial charge is 0.407 e. The molecule has 4 amide bonds. The number of halogens is 2. The molecule has 488 valence electrons. The average molecular weight is 1280 g/mol. The number of methoxy groups -OCH3 is 2. The number of hydrogen-bond donors (Lipinski definition) is 8. The molecule has 0 saturated carbocycles. The van der Waals surface area contributed by atoms with Gasteiger partial charge in [0, 0.05) is 57.2 Å². The quantitative estimate of drug-likeness (QED) is 0.0447. The summed E-state index contributed by atoms with van der Waals surface area (Å²) < 4.78 is 52.7. The van der Waals surface area contributed by atoms with E-state index in [2.05, 4.69) is 67.2 Å². The minimum absolute atomic E-state index is 0.137. The second-order valence-corrected chi connectivity index (χ2v) is 25.2. The fourth-order valence-electron chi connectivity index (χ4n) is 13.3. The number of aromatic amines is 4. The van der Waals surface area contributed by atoms with Gasteiger partial charge in [-0.25, -0.2) is 38.3 Å². The van der Waals surface area contributed by atoms with Crippen LogP contribution in [0.15, 0.2) is 119 Å². The van der Waals surface area contributed by atoms with E-state index in [4.69, 9.17) is 18.3 Å². The zero-order valence-corrected chi connectivity index (χ0v) is 53.2. The van der Waals surface area contributed by atoms with E-state index in [9.17, 15) is 19.2 Å². The number of carbonyl (C=O) groups excluding carboxylic acids is 4. The first kappa shape index (κ1) is 62.8. The summed E-state index contributed by atoms with van der Waals surface area (Å²) in [4.78, 5) is 86.2. The molecule has 4 aromatic carbocycles. The molecule has 4 aliphatic rings. The maximum Gasteiger partial charge on any atom is 0.407 e. The van der Waals surface area contributed by atoms with Gasteiger partial charge in [-0.3, -0.25) is 9.59 Å². The molecule has 24 heteroatoms. The molecule has 8 N–H and O–H groups in total. The van der Waals surface area contributed by atoms with Gasteiger partial charge < -0.3 is 69.3 Å². The Balaban J connectivity index is 0.000000189. The number of likely N-dealkylation sites (tertiary alicyclic amines) is 2. The molecule has 22 nitrogen and oxygen atoms in total. The fraction of sp³-hybridized carbons (Fsp3) is 0.371. The van der Waals surface area contributed by atoms with E-state index in [-0.39, 0.29) is 47.6 Å². The largest absolute Gasteiger partial charge is 0.456 e. The Bertz CT molecular complexity index is 4400. The standard InChI is InChI=1S/C42H49FN8O7.C28H27FN6O/c1-22(2)35(48-41(54)56-5)39(52)50-15-7-9-31(50)37-44-20-29(46-37)24-12-14-33-26(17-24)19-34(58-33)25-11-13-27(28(43)18-25)30-21-45-38(47-30)32-10-8-16-51(32)40(53)36(23(3)4)49-42(55)57-6;29-20-12-17(5-7-19(20)24-15-33-28(35-24)22-4-2-10-31-22)26-13-18-11-16(6-8-25(18)36-26)23-14-32-27(34-23)21-3-1-9-30-21/h11-14,17-23,31-32,35-36H,7-10,15-16H2,1-6H3,(H,44,46)(H,45,47)(H,48,54)(H,49,55);5-8,11-15,21-22,30-31H,1-4,9-10H2,(H,32,34)(H,33,35)/t31-,32-,35-,36-;21-,22-/m00/s1. The van der Waals surface area contributed by atoms with Crippen LogP contribution in [-0.2, 0) is 19.1 Å². The van der Waals surface area contributed by atoms with Crippen LogP contribution in [0.3, 0.4) is 0 Å². The van der Waals surface area contributed by atoms with Crippen LogP contribution < -0.4 is 21.3 Å². The summed E-state index contributed by atoms with van der Waals surface area (Å²) in [5.41, 5.74) is 8.27. The van der Waals surface area contributed by atoms with E-state index in [1.165, 1.54) is 32.8 Å². The van der Waals surface area contributed by atoms with Crippen LogP contribution in [0.2, 0.25) is 0 Å². The minimum Gasteiger partial charge on any atom is -0.456 e. The predicted molar refractivity (Wildman–Crippen MR) is 349 cm³/mol. The number of aromatic nitrogens is 8. The summed E-state index contributed by atoms with van der Waals surface area (Å²) in [6.07, 6.45) is 13.0. The first-order valence-corrected chi connectivity index (χ1v) is 32.2. The highest BCUT2D eigenvalue weighted by molar-refractivity contribution is 5.90. The normalized spacial score (nSPS) is 18.7. The summed E-state index contributed by atoms with van der Waals surface area (Å²) in [5, 5.41) is 14.0. The molecule has 14 rings (SSSR count). The summed E-state index contributed by atoms with van der Waals surface area (Å²) in [7, 11) is 2.53. The predicted octanol–water partition coefficient (Wildman–Crippen LogP) is 13.0. The Morgan fingerprint density at radius 2 is 0.894 bits per heavy atom. The Morgan fingerprint density at radius 3 is 1.30 bits per heavy atom. The van der Waals surface area contributed by atoms with Gasteiger partial charge in [0.15, 0.2) is 0 Å². The highest BCUT2D eigenvalue weighted by Gasteiger charge is 2.39. The SMILES string of the molecule is COC(=O)N[C@H](C(=O)N1CCC[C@H]1c1ncc(-c2ccc3oc(-c4ccc(-c5cnc([C@@H]6CCCN6C(=O)[C@@H](NC(=O)OC)C(C)C)[nH]5)c(F)c4)cc3c2)[nH]1)C(C)C.Fc1cc(-c2cc3cc(-c4cnc([C@@H]5CCCN5)[nH]4)ccc3o2)ccc1-c1cnc([C@@H]2CCCN2)[nH]1. The first-order valence-electron chi connectivity index (χ1n) is 32.2.